The number of esters is 3. The lowest BCUT2D eigenvalue weighted by Gasteiger charge is -2.18. The molecule has 0 aromatic carbocycles. The lowest BCUT2D eigenvalue weighted by molar-refractivity contribution is -0.166. The van der Waals surface area contributed by atoms with Gasteiger partial charge in [-0.05, 0) is 103 Å². The number of carbonyl (C=O) groups excluding carboxylic acids is 3. The zero-order valence-corrected chi connectivity index (χ0v) is 52.0. The van der Waals surface area contributed by atoms with Crippen molar-refractivity contribution in [2.75, 3.05) is 13.2 Å². The molecule has 1 unspecified atom stereocenters. The first kappa shape index (κ1) is 75.5. The third-order valence-corrected chi connectivity index (χ3v) is 13.9. The van der Waals surface area contributed by atoms with Gasteiger partial charge in [0, 0.05) is 19.3 Å². The molecule has 0 radical (unpaired) electrons. The van der Waals surface area contributed by atoms with Crippen molar-refractivity contribution in [3.8, 4) is 0 Å². The van der Waals surface area contributed by atoms with Crippen molar-refractivity contribution in [2.24, 2.45) is 0 Å². The molecule has 80 heavy (non-hydrogen) atoms. The van der Waals surface area contributed by atoms with Crippen molar-refractivity contribution in [1.29, 1.82) is 0 Å². The SMILES string of the molecule is CC/C=C\C/C=C\C/C=C\C/C=C\C/C=C\C/C=C\CCC(=O)OC(COC(=O)CCCCCCCCCCCC)COC(=O)CCCCCCCCCCCCCCCCCCC/C=C\C/C=C\C/C=C\C/C=C\C/C=C\CC. The molecule has 0 aromatic rings. The Morgan fingerprint density at radius 1 is 0.263 bits per heavy atom. The Balaban J connectivity index is 4.21. The van der Waals surface area contributed by atoms with Crippen molar-refractivity contribution in [3.05, 3.63) is 134 Å². The van der Waals surface area contributed by atoms with E-state index in [-0.39, 0.29) is 31.6 Å². The van der Waals surface area contributed by atoms with Gasteiger partial charge in [0.05, 0.1) is 0 Å². The van der Waals surface area contributed by atoms with Crippen LogP contribution in [0.2, 0.25) is 0 Å². The van der Waals surface area contributed by atoms with Crippen LogP contribution in [0, 0.1) is 0 Å². The minimum atomic E-state index is -0.819. The molecule has 0 aliphatic carbocycles. The predicted octanol–water partition coefficient (Wildman–Crippen LogP) is 22.9. The fraction of sp³-hybridized carbons (Fsp3) is 0.662. The molecule has 0 N–H and O–H groups in total. The number of ether oxygens (including phenoxy) is 3. The predicted molar refractivity (Wildman–Crippen MR) is 348 cm³/mol. The first-order chi connectivity index (χ1) is 39.5. The number of hydrogen-bond donors (Lipinski definition) is 0. The van der Waals surface area contributed by atoms with Gasteiger partial charge in [-0.25, -0.2) is 0 Å². The average Bonchev–Trinajstić information content (AvgIpc) is 3.46. The Morgan fingerprint density at radius 3 is 0.812 bits per heavy atom. The van der Waals surface area contributed by atoms with Gasteiger partial charge in [0.15, 0.2) is 6.10 Å². The van der Waals surface area contributed by atoms with Gasteiger partial charge < -0.3 is 14.2 Å². The number of unbranched alkanes of at least 4 members (excludes halogenated alkanes) is 26. The zero-order valence-electron chi connectivity index (χ0n) is 52.0. The van der Waals surface area contributed by atoms with E-state index in [1.165, 1.54) is 141 Å². The highest BCUT2D eigenvalue weighted by Gasteiger charge is 2.19. The van der Waals surface area contributed by atoms with Gasteiger partial charge in [0.25, 0.3) is 0 Å². The van der Waals surface area contributed by atoms with Crippen LogP contribution in [0.15, 0.2) is 134 Å². The molecule has 6 heteroatoms. The normalized spacial score (nSPS) is 13.0. The maximum absolute atomic E-state index is 12.8. The molecule has 0 saturated carbocycles. The Kier molecular flexibility index (Phi) is 63.3. The Morgan fingerprint density at radius 2 is 0.512 bits per heavy atom. The molecule has 454 valence electrons. The van der Waals surface area contributed by atoms with Crippen LogP contribution in [-0.2, 0) is 28.6 Å². The average molecular weight is 1110 g/mol. The van der Waals surface area contributed by atoms with Gasteiger partial charge in [0.2, 0.25) is 0 Å². The van der Waals surface area contributed by atoms with Crippen LogP contribution < -0.4 is 0 Å². The maximum Gasteiger partial charge on any atom is 0.306 e. The van der Waals surface area contributed by atoms with Crippen LogP contribution in [0.3, 0.4) is 0 Å². The first-order valence-corrected chi connectivity index (χ1v) is 33.2. The summed E-state index contributed by atoms with van der Waals surface area (Å²) in [6.07, 6.45) is 95.0. The molecular formula is C74H122O6. The Labute approximate surface area is 494 Å². The van der Waals surface area contributed by atoms with Gasteiger partial charge >= 0.3 is 17.9 Å². The van der Waals surface area contributed by atoms with Gasteiger partial charge in [-0.15, -0.1) is 0 Å². The summed E-state index contributed by atoms with van der Waals surface area (Å²) in [5.74, 6) is -0.988. The van der Waals surface area contributed by atoms with E-state index in [0.29, 0.717) is 19.3 Å². The second-order valence-corrected chi connectivity index (χ2v) is 21.6. The molecule has 0 saturated heterocycles. The molecular weight excluding hydrogens is 985 g/mol. The van der Waals surface area contributed by atoms with E-state index in [2.05, 4.69) is 148 Å². The molecule has 0 fully saturated rings. The first-order valence-electron chi connectivity index (χ1n) is 33.2. The lowest BCUT2D eigenvalue weighted by atomic mass is 10.0. The summed E-state index contributed by atoms with van der Waals surface area (Å²) in [6, 6.07) is 0. The lowest BCUT2D eigenvalue weighted by Crippen LogP contribution is -2.30. The summed E-state index contributed by atoms with van der Waals surface area (Å²) in [5.41, 5.74) is 0. The molecule has 0 rings (SSSR count). The van der Waals surface area contributed by atoms with E-state index in [4.69, 9.17) is 14.2 Å². The van der Waals surface area contributed by atoms with E-state index in [1.807, 2.05) is 6.08 Å². The fourth-order valence-corrected chi connectivity index (χ4v) is 9.03. The van der Waals surface area contributed by atoms with Crippen molar-refractivity contribution in [3.63, 3.8) is 0 Å². The maximum atomic E-state index is 12.8. The van der Waals surface area contributed by atoms with Crippen molar-refractivity contribution in [1.82, 2.24) is 0 Å². The van der Waals surface area contributed by atoms with Crippen LogP contribution >= 0.6 is 0 Å². The third kappa shape index (κ3) is 64.4. The topological polar surface area (TPSA) is 78.9 Å². The molecule has 0 aliphatic heterocycles. The summed E-state index contributed by atoms with van der Waals surface area (Å²) in [6.45, 7) is 6.35. The van der Waals surface area contributed by atoms with E-state index in [1.54, 1.807) is 0 Å². The Hall–Kier alpha value is -4.45. The quantitative estimate of drug-likeness (QED) is 0.0261. The van der Waals surface area contributed by atoms with Gasteiger partial charge in [0.1, 0.15) is 13.2 Å². The summed E-state index contributed by atoms with van der Waals surface area (Å²) in [5, 5.41) is 0. The summed E-state index contributed by atoms with van der Waals surface area (Å²) < 4.78 is 16.8. The van der Waals surface area contributed by atoms with Crippen molar-refractivity contribution >= 4 is 17.9 Å². The second-order valence-electron chi connectivity index (χ2n) is 21.6. The fourth-order valence-electron chi connectivity index (χ4n) is 9.03. The second kappa shape index (κ2) is 67.1. The highest BCUT2D eigenvalue weighted by molar-refractivity contribution is 5.71. The van der Waals surface area contributed by atoms with Gasteiger partial charge in [-0.3, -0.25) is 14.4 Å². The van der Waals surface area contributed by atoms with Crippen LogP contribution in [0.25, 0.3) is 0 Å². The highest BCUT2D eigenvalue weighted by Crippen LogP contribution is 2.16. The van der Waals surface area contributed by atoms with Gasteiger partial charge in [-0.1, -0.05) is 309 Å². The summed E-state index contributed by atoms with van der Waals surface area (Å²) in [4.78, 5) is 38.2. The van der Waals surface area contributed by atoms with Crippen LogP contribution in [-0.4, -0.2) is 37.2 Å². The van der Waals surface area contributed by atoms with Gasteiger partial charge in [-0.2, -0.15) is 0 Å². The zero-order chi connectivity index (χ0) is 57.8. The van der Waals surface area contributed by atoms with E-state index in [9.17, 15) is 14.4 Å². The van der Waals surface area contributed by atoms with E-state index >= 15 is 0 Å². The summed E-state index contributed by atoms with van der Waals surface area (Å²) in [7, 11) is 0. The largest absolute Gasteiger partial charge is 0.462 e. The molecule has 0 aromatic heterocycles. The number of hydrogen-bond acceptors (Lipinski definition) is 6. The molecule has 0 bridgehead atoms. The van der Waals surface area contributed by atoms with Crippen LogP contribution in [0.1, 0.15) is 297 Å². The standard InChI is InChI=1S/C74H122O6/c1-4-7-10-13-16-19-22-24-26-28-30-31-32-33-34-35-36-37-38-39-40-41-42-43-45-46-48-50-52-55-58-61-64-67-73(76)79-70-71(69-78-72(75)66-63-60-57-54-21-18-15-12-9-6-3)80-74(77)68-65-62-59-56-53-51-49-47-44-29-27-25-23-20-17-14-11-8-5-2/h7-8,10-11,16-17,19-20,24-27,30-31,33-34,44,47,51,53,59,62,71H,4-6,9,12-15,18,21-23,28-29,32,35-43,45-46,48-50,52,54-58,60-61,63-70H2,1-3H3/b10-7-,11-8-,19-16-,20-17-,26-24-,27-25-,31-30-,34-33-,47-44-,53-51-,62-59-. The van der Waals surface area contributed by atoms with Crippen LogP contribution in [0.5, 0.6) is 0 Å². The monoisotopic (exact) mass is 1110 g/mol. The van der Waals surface area contributed by atoms with E-state index < -0.39 is 12.1 Å². The van der Waals surface area contributed by atoms with Crippen molar-refractivity contribution < 1.29 is 28.6 Å². The third-order valence-electron chi connectivity index (χ3n) is 13.9. The van der Waals surface area contributed by atoms with E-state index in [0.717, 1.165) is 109 Å². The Bertz CT molecular complexity index is 1700. The smallest absolute Gasteiger partial charge is 0.306 e. The number of carbonyl (C=O) groups is 3. The highest BCUT2D eigenvalue weighted by atomic mass is 16.6. The number of rotatable bonds is 59. The number of allylic oxidation sites excluding steroid dienone is 22. The van der Waals surface area contributed by atoms with Crippen molar-refractivity contribution in [2.45, 2.75) is 303 Å². The minimum absolute atomic E-state index is 0.107. The molecule has 6 nitrogen and oxygen atoms in total. The summed E-state index contributed by atoms with van der Waals surface area (Å²) >= 11 is 0. The molecule has 0 amide bonds. The van der Waals surface area contributed by atoms with Crippen LogP contribution in [0.4, 0.5) is 0 Å². The molecule has 0 aliphatic rings. The molecule has 1 atom stereocenters. The minimum Gasteiger partial charge on any atom is -0.462 e. The molecule has 0 spiro atoms. The molecule has 0 heterocycles.